The van der Waals surface area contributed by atoms with Gasteiger partial charge in [-0.05, 0) is 11.8 Å². The van der Waals surface area contributed by atoms with Gasteiger partial charge in [0.25, 0.3) is 0 Å². The molecule has 0 aromatic rings. The standard InChI is InChI=1S/C19H26O10/c1-7-8(2)11(16(22)27-4)19(25)12(17(23)28-5)9(7)10(15(21)26-3)14(20)13(19)18(24)29-6/h7-9,11-13,20,25H,1-6H3/t7-,8+,9-,11+,12-,13+,19-/m0/s1. The third-order valence-electron chi connectivity index (χ3n) is 6.37. The van der Waals surface area contributed by atoms with Crippen LogP contribution in [0.2, 0.25) is 0 Å². The van der Waals surface area contributed by atoms with Crippen molar-refractivity contribution in [1.29, 1.82) is 0 Å². The van der Waals surface area contributed by atoms with Crippen LogP contribution in [0, 0.1) is 35.5 Å². The summed E-state index contributed by atoms with van der Waals surface area (Å²) in [4.78, 5) is 50.5. The van der Waals surface area contributed by atoms with Crippen LogP contribution in [0.3, 0.4) is 0 Å². The average molecular weight is 414 g/mol. The first-order valence-electron chi connectivity index (χ1n) is 9.01. The third-order valence-corrected chi connectivity index (χ3v) is 6.37. The predicted octanol–water partition coefficient (Wildman–Crippen LogP) is -0.0142. The van der Waals surface area contributed by atoms with Gasteiger partial charge in [-0.3, -0.25) is 14.4 Å². The lowest BCUT2D eigenvalue weighted by Gasteiger charge is -2.57. The maximum Gasteiger partial charge on any atom is 0.337 e. The van der Waals surface area contributed by atoms with Crippen LogP contribution in [0.4, 0.5) is 0 Å². The van der Waals surface area contributed by atoms with E-state index in [9.17, 15) is 29.4 Å². The highest BCUT2D eigenvalue weighted by atomic mass is 16.5. The maximum absolute atomic E-state index is 12.8. The molecule has 2 aliphatic rings. The van der Waals surface area contributed by atoms with Crippen molar-refractivity contribution in [3.63, 3.8) is 0 Å². The Hall–Kier alpha value is -2.62. The van der Waals surface area contributed by atoms with Crippen molar-refractivity contribution < 1.29 is 48.3 Å². The molecule has 0 aromatic carbocycles. The number of aliphatic hydroxyl groups is 2. The van der Waals surface area contributed by atoms with Crippen LogP contribution in [0.5, 0.6) is 0 Å². The van der Waals surface area contributed by atoms with Crippen LogP contribution < -0.4 is 0 Å². The molecule has 2 N–H and O–H groups in total. The molecule has 0 aromatic heterocycles. The molecule has 0 unspecified atom stereocenters. The summed E-state index contributed by atoms with van der Waals surface area (Å²) in [6.45, 7) is 3.29. The van der Waals surface area contributed by atoms with E-state index in [-0.39, 0.29) is 5.57 Å². The topological polar surface area (TPSA) is 146 Å². The van der Waals surface area contributed by atoms with E-state index < -0.39 is 70.7 Å². The lowest BCUT2D eigenvalue weighted by atomic mass is 9.47. The van der Waals surface area contributed by atoms with Crippen LogP contribution in [0.15, 0.2) is 11.3 Å². The van der Waals surface area contributed by atoms with Crippen LogP contribution in [-0.2, 0) is 38.1 Å². The second kappa shape index (κ2) is 8.02. The average Bonchev–Trinajstić information content (AvgIpc) is 2.70. The van der Waals surface area contributed by atoms with Gasteiger partial charge in [0.05, 0.1) is 45.8 Å². The fraction of sp³-hybridized carbons (Fsp3) is 0.684. The number of carbonyl (C=O) groups is 4. The zero-order chi connectivity index (χ0) is 22.3. The number of hydrogen-bond acceptors (Lipinski definition) is 10. The normalized spacial score (nSPS) is 36.1. The number of rotatable bonds is 4. The Balaban J connectivity index is 2.96. The lowest BCUT2D eigenvalue weighted by molar-refractivity contribution is -0.219. The Kier molecular flexibility index (Phi) is 6.27. The highest BCUT2D eigenvalue weighted by molar-refractivity contribution is 5.95. The molecule has 0 heterocycles. The molecule has 2 bridgehead atoms. The minimum atomic E-state index is -2.45. The van der Waals surface area contributed by atoms with E-state index in [4.69, 9.17) is 18.9 Å². The first-order chi connectivity index (χ1) is 13.5. The molecule has 1 fully saturated rings. The first-order valence-corrected chi connectivity index (χ1v) is 9.01. The van der Waals surface area contributed by atoms with Crippen LogP contribution in [-0.4, -0.2) is 68.1 Å². The van der Waals surface area contributed by atoms with Crippen LogP contribution >= 0.6 is 0 Å². The number of carbonyl (C=O) groups excluding carboxylic acids is 4. The maximum atomic E-state index is 12.8. The van der Waals surface area contributed by atoms with E-state index in [1.54, 1.807) is 13.8 Å². The summed E-state index contributed by atoms with van der Waals surface area (Å²) in [5.74, 6) is -11.8. The fourth-order valence-electron chi connectivity index (χ4n) is 4.93. The Bertz CT molecular complexity index is 756. The Morgan fingerprint density at radius 1 is 0.793 bits per heavy atom. The van der Waals surface area contributed by atoms with E-state index in [2.05, 4.69) is 0 Å². The van der Waals surface area contributed by atoms with E-state index in [1.165, 1.54) is 0 Å². The summed E-state index contributed by atoms with van der Waals surface area (Å²) in [6, 6.07) is 0. The minimum Gasteiger partial charge on any atom is -0.511 e. The van der Waals surface area contributed by atoms with Crippen molar-refractivity contribution in [1.82, 2.24) is 0 Å². The Morgan fingerprint density at radius 3 is 1.72 bits per heavy atom. The Labute approximate surface area is 167 Å². The quantitative estimate of drug-likeness (QED) is 0.475. The summed E-state index contributed by atoms with van der Waals surface area (Å²) in [6.07, 6.45) is 0. The van der Waals surface area contributed by atoms with E-state index in [1.807, 2.05) is 0 Å². The van der Waals surface area contributed by atoms with Gasteiger partial charge in [0, 0.05) is 5.92 Å². The number of esters is 4. The SMILES string of the molecule is COC(=O)C1=C(O)[C@H](C(=O)OC)[C@@]2(O)[C@H](C(=O)OC)[C@H]1[C@@H](C)[C@@H](C)[C@@H]2C(=O)OC. The van der Waals surface area contributed by atoms with Gasteiger partial charge in [0.2, 0.25) is 0 Å². The second-order valence-corrected chi connectivity index (χ2v) is 7.38. The van der Waals surface area contributed by atoms with Crippen LogP contribution in [0.1, 0.15) is 13.8 Å². The number of ether oxygens (including phenoxy) is 4. The molecule has 10 nitrogen and oxygen atoms in total. The molecule has 0 saturated heterocycles. The summed E-state index contributed by atoms with van der Waals surface area (Å²) in [5, 5.41) is 22.6. The molecule has 0 aliphatic heterocycles. The molecular formula is C19H26O10. The zero-order valence-electron chi connectivity index (χ0n) is 17.1. The number of fused-ring (bicyclic) bond motifs is 2. The van der Waals surface area contributed by atoms with E-state index >= 15 is 0 Å². The van der Waals surface area contributed by atoms with E-state index in [0.29, 0.717) is 0 Å². The van der Waals surface area contributed by atoms with E-state index in [0.717, 1.165) is 28.4 Å². The first kappa shape index (κ1) is 22.7. The molecule has 7 atom stereocenters. The second-order valence-electron chi connectivity index (χ2n) is 7.38. The molecule has 2 aliphatic carbocycles. The molecule has 2 rings (SSSR count). The third kappa shape index (κ3) is 3.06. The fourth-order valence-corrected chi connectivity index (χ4v) is 4.93. The van der Waals surface area contributed by atoms with Gasteiger partial charge in [-0.25, -0.2) is 4.79 Å². The minimum absolute atomic E-state index is 0.328. The molecule has 0 amide bonds. The molecule has 0 spiro atoms. The summed E-state index contributed by atoms with van der Waals surface area (Å²) >= 11 is 0. The van der Waals surface area contributed by atoms with Gasteiger partial charge in [0.15, 0.2) is 0 Å². The smallest absolute Gasteiger partial charge is 0.337 e. The molecule has 0 radical (unpaired) electrons. The summed E-state index contributed by atoms with van der Waals surface area (Å²) in [7, 11) is 4.27. The molecule has 162 valence electrons. The molecule has 10 heteroatoms. The molecular weight excluding hydrogens is 388 g/mol. The Morgan fingerprint density at radius 2 is 1.28 bits per heavy atom. The van der Waals surface area contributed by atoms with Gasteiger partial charge in [-0.1, -0.05) is 13.8 Å². The van der Waals surface area contributed by atoms with Gasteiger partial charge in [-0.15, -0.1) is 0 Å². The summed E-state index contributed by atoms with van der Waals surface area (Å²) < 4.78 is 19.1. The van der Waals surface area contributed by atoms with Crippen molar-refractivity contribution in [3.05, 3.63) is 11.3 Å². The molecule has 29 heavy (non-hydrogen) atoms. The monoisotopic (exact) mass is 414 g/mol. The lowest BCUT2D eigenvalue weighted by Crippen LogP contribution is -2.70. The number of hydrogen-bond donors (Lipinski definition) is 2. The van der Waals surface area contributed by atoms with Crippen LogP contribution in [0.25, 0.3) is 0 Å². The van der Waals surface area contributed by atoms with Gasteiger partial charge in [-0.2, -0.15) is 0 Å². The molecule has 1 saturated carbocycles. The highest BCUT2D eigenvalue weighted by Crippen LogP contribution is 2.59. The van der Waals surface area contributed by atoms with Crippen molar-refractivity contribution in [3.8, 4) is 0 Å². The largest absolute Gasteiger partial charge is 0.511 e. The van der Waals surface area contributed by atoms with Gasteiger partial charge < -0.3 is 29.2 Å². The van der Waals surface area contributed by atoms with Gasteiger partial charge >= 0.3 is 23.9 Å². The van der Waals surface area contributed by atoms with Crippen molar-refractivity contribution in [2.45, 2.75) is 19.4 Å². The predicted molar refractivity (Wildman–Crippen MR) is 95.0 cm³/mol. The van der Waals surface area contributed by atoms with Crippen molar-refractivity contribution in [2.75, 3.05) is 28.4 Å². The van der Waals surface area contributed by atoms with Gasteiger partial charge in [0.1, 0.15) is 17.3 Å². The van der Waals surface area contributed by atoms with Crippen molar-refractivity contribution in [2.24, 2.45) is 35.5 Å². The summed E-state index contributed by atoms with van der Waals surface area (Å²) in [5.41, 5.74) is -2.78. The number of methoxy groups -OCH3 is 4. The highest BCUT2D eigenvalue weighted by Gasteiger charge is 2.72. The van der Waals surface area contributed by atoms with Crippen molar-refractivity contribution >= 4 is 23.9 Å². The number of aliphatic hydroxyl groups excluding tert-OH is 1. The zero-order valence-corrected chi connectivity index (χ0v) is 17.1.